The van der Waals surface area contributed by atoms with Gasteiger partial charge in [0, 0.05) is 11.4 Å². The van der Waals surface area contributed by atoms with Gasteiger partial charge in [0.15, 0.2) is 6.10 Å². The number of anilines is 2. The average Bonchev–Trinajstić information content (AvgIpc) is 2.76. The van der Waals surface area contributed by atoms with E-state index in [9.17, 15) is 13.2 Å². The van der Waals surface area contributed by atoms with E-state index in [4.69, 9.17) is 9.47 Å². The lowest BCUT2D eigenvalue weighted by Gasteiger charge is -2.15. The van der Waals surface area contributed by atoms with Crippen molar-refractivity contribution in [3.8, 4) is 11.5 Å². The van der Waals surface area contributed by atoms with Crippen molar-refractivity contribution in [3.63, 3.8) is 0 Å². The molecule has 0 aliphatic rings. The summed E-state index contributed by atoms with van der Waals surface area (Å²) in [6.45, 7) is 3.55. The van der Waals surface area contributed by atoms with Crippen molar-refractivity contribution in [2.24, 2.45) is 0 Å². The molecule has 0 saturated heterocycles. The molecule has 162 valence electrons. The summed E-state index contributed by atoms with van der Waals surface area (Å²) >= 11 is 0. The number of methoxy groups -OCH3 is 1. The summed E-state index contributed by atoms with van der Waals surface area (Å²) in [4.78, 5) is 12.5. The maximum atomic E-state index is 12.5. The summed E-state index contributed by atoms with van der Waals surface area (Å²) in [7, 11) is -2.16. The summed E-state index contributed by atoms with van der Waals surface area (Å²) in [5.74, 6) is 0.868. The van der Waals surface area contributed by atoms with Crippen LogP contribution in [0.5, 0.6) is 11.5 Å². The molecule has 0 aliphatic carbocycles. The molecule has 0 heterocycles. The quantitative estimate of drug-likeness (QED) is 0.547. The summed E-state index contributed by atoms with van der Waals surface area (Å²) in [5.41, 5.74) is 1.98. The van der Waals surface area contributed by atoms with E-state index in [2.05, 4.69) is 10.0 Å². The van der Waals surface area contributed by atoms with Gasteiger partial charge < -0.3 is 14.8 Å². The molecule has 3 rings (SSSR count). The van der Waals surface area contributed by atoms with Crippen LogP contribution in [0.1, 0.15) is 12.5 Å². The minimum atomic E-state index is -3.73. The number of nitrogens with one attached hydrogen (secondary N) is 2. The maximum Gasteiger partial charge on any atom is 0.265 e. The molecule has 0 saturated carbocycles. The third kappa shape index (κ3) is 5.99. The second-order valence-electron chi connectivity index (χ2n) is 6.92. The lowest BCUT2D eigenvalue weighted by atomic mass is 10.2. The van der Waals surface area contributed by atoms with Gasteiger partial charge in [-0.15, -0.1) is 0 Å². The van der Waals surface area contributed by atoms with Crippen LogP contribution in [0, 0.1) is 6.92 Å². The zero-order chi connectivity index (χ0) is 22.4. The first-order chi connectivity index (χ1) is 14.8. The van der Waals surface area contributed by atoms with Crippen molar-refractivity contribution in [1.29, 1.82) is 0 Å². The van der Waals surface area contributed by atoms with Crippen molar-refractivity contribution in [2.45, 2.75) is 24.8 Å². The molecule has 8 heteroatoms. The molecule has 0 radical (unpaired) electrons. The molecular formula is C23H24N2O5S. The number of aryl methyl sites for hydroxylation is 1. The molecule has 1 amide bonds. The Balaban J connectivity index is 1.61. The van der Waals surface area contributed by atoms with Crippen LogP contribution < -0.4 is 19.5 Å². The van der Waals surface area contributed by atoms with Crippen LogP contribution in [0.15, 0.2) is 77.7 Å². The van der Waals surface area contributed by atoms with Crippen molar-refractivity contribution in [2.75, 3.05) is 17.1 Å². The van der Waals surface area contributed by atoms with E-state index in [1.54, 1.807) is 50.4 Å². The highest BCUT2D eigenvalue weighted by atomic mass is 32.2. The normalized spacial score (nSPS) is 12.0. The van der Waals surface area contributed by atoms with Crippen molar-refractivity contribution < 1.29 is 22.7 Å². The molecule has 0 aliphatic heterocycles. The molecule has 0 spiro atoms. The standard InChI is InChI=1S/C23H24N2O5S/c1-16-4-6-19(7-5-16)25-31(27,28)22-14-8-18(9-15-22)24-23(26)17(2)30-21-12-10-20(29-3)11-13-21/h4-15,17,25H,1-3H3,(H,24,26)/t17-/m0/s1. The molecule has 7 nitrogen and oxygen atoms in total. The molecule has 0 bridgehead atoms. The van der Waals surface area contributed by atoms with Crippen LogP contribution in [0.3, 0.4) is 0 Å². The minimum Gasteiger partial charge on any atom is -0.497 e. The third-order valence-electron chi connectivity index (χ3n) is 4.48. The Bertz CT molecular complexity index is 1130. The van der Waals surface area contributed by atoms with Crippen molar-refractivity contribution in [1.82, 2.24) is 0 Å². The number of carbonyl (C=O) groups excluding carboxylic acids is 1. The highest BCUT2D eigenvalue weighted by Gasteiger charge is 2.17. The molecule has 0 fully saturated rings. The Labute approximate surface area is 182 Å². The Hall–Kier alpha value is -3.52. The van der Waals surface area contributed by atoms with Gasteiger partial charge in [-0.25, -0.2) is 8.42 Å². The van der Waals surface area contributed by atoms with Crippen LogP contribution in [0.25, 0.3) is 0 Å². The van der Waals surface area contributed by atoms with E-state index >= 15 is 0 Å². The molecular weight excluding hydrogens is 416 g/mol. The molecule has 31 heavy (non-hydrogen) atoms. The number of rotatable bonds is 8. The predicted octanol–water partition coefficient (Wildman–Crippen LogP) is 4.21. The first-order valence-electron chi connectivity index (χ1n) is 9.58. The summed E-state index contributed by atoms with van der Waals surface area (Å²) in [5, 5.41) is 2.72. The Morgan fingerprint density at radius 2 is 1.39 bits per heavy atom. The van der Waals surface area contributed by atoms with E-state index in [-0.39, 0.29) is 10.8 Å². The Kier molecular flexibility index (Phi) is 6.81. The fourth-order valence-corrected chi connectivity index (χ4v) is 3.77. The summed E-state index contributed by atoms with van der Waals surface area (Å²) in [6.07, 6.45) is -0.750. The van der Waals surface area contributed by atoms with Crippen molar-refractivity contribution >= 4 is 27.3 Å². The zero-order valence-electron chi connectivity index (χ0n) is 17.5. The fraction of sp³-hybridized carbons (Fsp3) is 0.174. The maximum absolute atomic E-state index is 12.5. The summed E-state index contributed by atoms with van der Waals surface area (Å²) < 4.78 is 38.3. The molecule has 1 atom stereocenters. The zero-order valence-corrected chi connectivity index (χ0v) is 18.3. The van der Waals surface area contributed by atoms with Gasteiger partial charge in [0.05, 0.1) is 12.0 Å². The van der Waals surface area contributed by atoms with Crippen LogP contribution in [-0.2, 0) is 14.8 Å². The van der Waals surface area contributed by atoms with Crippen LogP contribution in [-0.4, -0.2) is 27.5 Å². The number of sulfonamides is 1. The van der Waals surface area contributed by atoms with E-state index in [1.165, 1.54) is 24.3 Å². The largest absolute Gasteiger partial charge is 0.497 e. The van der Waals surface area contributed by atoms with E-state index in [0.717, 1.165) is 5.56 Å². The van der Waals surface area contributed by atoms with Gasteiger partial charge in [-0.1, -0.05) is 17.7 Å². The van der Waals surface area contributed by atoms with Gasteiger partial charge in [-0.3, -0.25) is 9.52 Å². The van der Waals surface area contributed by atoms with Gasteiger partial charge in [-0.2, -0.15) is 0 Å². The van der Waals surface area contributed by atoms with Crippen LogP contribution >= 0.6 is 0 Å². The SMILES string of the molecule is COc1ccc(O[C@@H](C)C(=O)Nc2ccc(S(=O)(=O)Nc3ccc(C)cc3)cc2)cc1. The van der Waals surface area contributed by atoms with Gasteiger partial charge >= 0.3 is 0 Å². The van der Waals surface area contributed by atoms with Gasteiger partial charge in [0.2, 0.25) is 0 Å². The van der Waals surface area contributed by atoms with Gasteiger partial charge in [-0.05, 0) is 74.5 Å². The molecule has 3 aromatic carbocycles. The highest BCUT2D eigenvalue weighted by molar-refractivity contribution is 7.92. The number of hydrogen-bond acceptors (Lipinski definition) is 5. The summed E-state index contributed by atoms with van der Waals surface area (Å²) in [6, 6.07) is 19.9. The van der Waals surface area contributed by atoms with Crippen LogP contribution in [0.4, 0.5) is 11.4 Å². The highest BCUT2D eigenvalue weighted by Crippen LogP contribution is 2.20. The van der Waals surface area contributed by atoms with Gasteiger partial charge in [0.25, 0.3) is 15.9 Å². The third-order valence-corrected chi connectivity index (χ3v) is 5.87. The molecule has 2 N–H and O–H groups in total. The second-order valence-corrected chi connectivity index (χ2v) is 8.60. The average molecular weight is 441 g/mol. The number of amides is 1. The Morgan fingerprint density at radius 1 is 0.839 bits per heavy atom. The topological polar surface area (TPSA) is 93.7 Å². The number of hydrogen-bond donors (Lipinski definition) is 2. The molecule has 3 aromatic rings. The Morgan fingerprint density at radius 3 is 1.97 bits per heavy atom. The first-order valence-corrected chi connectivity index (χ1v) is 11.1. The number of benzene rings is 3. The van der Waals surface area contributed by atoms with Crippen LogP contribution in [0.2, 0.25) is 0 Å². The van der Waals surface area contributed by atoms with Crippen molar-refractivity contribution in [3.05, 3.63) is 78.4 Å². The number of ether oxygens (including phenoxy) is 2. The first kappa shape index (κ1) is 22.2. The van der Waals surface area contributed by atoms with E-state index < -0.39 is 16.1 Å². The second kappa shape index (κ2) is 9.53. The minimum absolute atomic E-state index is 0.0913. The number of carbonyl (C=O) groups is 1. The molecule has 0 unspecified atom stereocenters. The lowest BCUT2D eigenvalue weighted by molar-refractivity contribution is -0.122. The smallest absolute Gasteiger partial charge is 0.265 e. The monoisotopic (exact) mass is 440 g/mol. The lowest BCUT2D eigenvalue weighted by Crippen LogP contribution is -2.30. The predicted molar refractivity (Wildman–Crippen MR) is 120 cm³/mol. The van der Waals surface area contributed by atoms with Gasteiger partial charge in [0.1, 0.15) is 11.5 Å². The fourth-order valence-electron chi connectivity index (χ4n) is 2.71. The van der Waals surface area contributed by atoms with E-state index in [1.807, 2.05) is 19.1 Å². The molecule has 0 aromatic heterocycles. The van der Waals surface area contributed by atoms with E-state index in [0.29, 0.717) is 22.9 Å².